The number of tetrazole rings is 1. The van der Waals surface area contributed by atoms with Gasteiger partial charge in [0.15, 0.2) is 5.82 Å². The van der Waals surface area contributed by atoms with Crippen molar-refractivity contribution in [1.29, 1.82) is 0 Å². The van der Waals surface area contributed by atoms with Crippen LogP contribution in [0.15, 0.2) is 0 Å². The number of morpholine rings is 1. The lowest BCUT2D eigenvalue weighted by Crippen LogP contribution is -2.49. The Morgan fingerprint density at radius 1 is 1.45 bits per heavy atom. The molecule has 0 spiro atoms. The largest absolute Gasteiger partial charge is 0.378 e. The summed E-state index contributed by atoms with van der Waals surface area (Å²) in [4.78, 5) is 12.3. The van der Waals surface area contributed by atoms with Gasteiger partial charge in [-0.2, -0.15) is 5.21 Å². The number of H-pyrrole nitrogens is 1. The Balaban J connectivity index is 1.63. The van der Waals surface area contributed by atoms with Gasteiger partial charge in [-0.05, 0) is 12.8 Å². The van der Waals surface area contributed by atoms with E-state index in [-0.39, 0.29) is 11.9 Å². The summed E-state index contributed by atoms with van der Waals surface area (Å²) < 4.78 is 5.37. The van der Waals surface area contributed by atoms with Crippen LogP contribution in [0.25, 0.3) is 0 Å². The quantitative estimate of drug-likeness (QED) is 0.684. The van der Waals surface area contributed by atoms with E-state index in [1.54, 1.807) is 0 Å². The minimum Gasteiger partial charge on any atom is -0.378 e. The molecule has 1 amide bonds. The van der Waals surface area contributed by atoms with Crippen molar-refractivity contribution in [3.05, 3.63) is 5.82 Å². The molecule has 2 fully saturated rings. The third kappa shape index (κ3) is 2.80. The zero-order valence-corrected chi connectivity index (χ0v) is 11.4. The summed E-state index contributed by atoms with van der Waals surface area (Å²) in [6.45, 7) is 2.10. The SMILES string of the molecule is O=C(CC1COCCN1)NC1(c2nn[nH]n2)CCCC1. The molecule has 1 aliphatic carbocycles. The minimum atomic E-state index is -0.445. The van der Waals surface area contributed by atoms with Crippen LogP contribution in [-0.4, -0.2) is 52.3 Å². The van der Waals surface area contributed by atoms with Crippen LogP contribution >= 0.6 is 0 Å². The van der Waals surface area contributed by atoms with E-state index in [0.29, 0.717) is 25.5 Å². The zero-order valence-electron chi connectivity index (χ0n) is 11.4. The fourth-order valence-electron chi connectivity index (χ4n) is 3.04. The summed E-state index contributed by atoms with van der Waals surface area (Å²) >= 11 is 0. The van der Waals surface area contributed by atoms with Crippen molar-refractivity contribution in [2.24, 2.45) is 0 Å². The molecule has 0 bridgehead atoms. The Kier molecular flexibility index (Phi) is 3.93. The lowest BCUT2D eigenvalue weighted by Gasteiger charge is -2.29. The van der Waals surface area contributed by atoms with Crippen LogP contribution in [-0.2, 0) is 15.1 Å². The number of rotatable bonds is 4. The van der Waals surface area contributed by atoms with Crippen LogP contribution < -0.4 is 10.6 Å². The van der Waals surface area contributed by atoms with Gasteiger partial charge in [-0.25, -0.2) is 0 Å². The van der Waals surface area contributed by atoms with E-state index in [4.69, 9.17) is 4.74 Å². The van der Waals surface area contributed by atoms with E-state index in [0.717, 1.165) is 32.2 Å². The Morgan fingerprint density at radius 2 is 2.30 bits per heavy atom. The van der Waals surface area contributed by atoms with Crippen LogP contribution in [0.3, 0.4) is 0 Å². The predicted molar refractivity (Wildman–Crippen MR) is 69.7 cm³/mol. The molecule has 1 atom stereocenters. The van der Waals surface area contributed by atoms with Crippen molar-refractivity contribution in [3.8, 4) is 0 Å². The number of amides is 1. The van der Waals surface area contributed by atoms with Gasteiger partial charge >= 0.3 is 0 Å². The van der Waals surface area contributed by atoms with E-state index < -0.39 is 5.54 Å². The highest BCUT2D eigenvalue weighted by Crippen LogP contribution is 2.36. The van der Waals surface area contributed by atoms with Gasteiger partial charge in [0.2, 0.25) is 5.91 Å². The van der Waals surface area contributed by atoms with Crippen LogP contribution in [0.2, 0.25) is 0 Å². The molecule has 2 heterocycles. The van der Waals surface area contributed by atoms with E-state index in [1.165, 1.54) is 0 Å². The standard InChI is InChI=1S/C12H20N6O2/c19-10(7-9-8-20-6-5-13-9)14-12(3-1-2-4-12)11-15-17-18-16-11/h9,13H,1-8H2,(H,14,19)(H,15,16,17,18). The number of hydrogen-bond donors (Lipinski definition) is 3. The average molecular weight is 280 g/mol. The van der Waals surface area contributed by atoms with Gasteiger partial charge in [0.1, 0.15) is 5.54 Å². The molecule has 0 radical (unpaired) electrons. The molecule has 2 aliphatic rings. The monoisotopic (exact) mass is 280 g/mol. The maximum atomic E-state index is 12.3. The van der Waals surface area contributed by atoms with Gasteiger partial charge in [-0.1, -0.05) is 18.1 Å². The van der Waals surface area contributed by atoms with Gasteiger partial charge in [0, 0.05) is 19.0 Å². The van der Waals surface area contributed by atoms with Crippen LogP contribution in [0.1, 0.15) is 37.9 Å². The van der Waals surface area contributed by atoms with Crippen molar-refractivity contribution in [2.45, 2.75) is 43.7 Å². The van der Waals surface area contributed by atoms with Crippen molar-refractivity contribution in [3.63, 3.8) is 0 Å². The molecule has 1 aromatic heterocycles. The number of carbonyl (C=O) groups excluding carboxylic acids is 1. The molecule has 8 nitrogen and oxygen atoms in total. The summed E-state index contributed by atoms with van der Waals surface area (Å²) in [6, 6.07) is 0.0903. The molecule has 1 unspecified atom stereocenters. The van der Waals surface area contributed by atoms with Crippen molar-refractivity contribution < 1.29 is 9.53 Å². The van der Waals surface area contributed by atoms with E-state index in [2.05, 4.69) is 31.3 Å². The molecule has 1 saturated heterocycles. The van der Waals surface area contributed by atoms with E-state index in [1.807, 2.05) is 0 Å². The third-order valence-corrected chi connectivity index (χ3v) is 4.04. The first-order valence-electron chi connectivity index (χ1n) is 7.15. The second kappa shape index (κ2) is 5.84. The number of aromatic nitrogens is 4. The summed E-state index contributed by atoms with van der Waals surface area (Å²) in [6.07, 6.45) is 4.29. The highest BCUT2D eigenvalue weighted by atomic mass is 16.5. The Hall–Kier alpha value is -1.54. The van der Waals surface area contributed by atoms with E-state index >= 15 is 0 Å². The molecule has 1 aromatic rings. The Labute approximate surface area is 117 Å². The second-order valence-electron chi connectivity index (χ2n) is 5.50. The van der Waals surface area contributed by atoms with Crippen molar-refractivity contribution >= 4 is 5.91 Å². The summed E-state index contributed by atoms with van der Waals surface area (Å²) in [5, 5.41) is 20.6. The predicted octanol–water partition coefficient (Wildman–Crippen LogP) is -0.536. The number of aromatic amines is 1. The highest BCUT2D eigenvalue weighted by molar-refractivity contribution is 5.77. The first kappa shape index (κ1) is 13.4. The number of carbonyl (C=O) groups is 1. The number of nitrogens with one attached hydrogen (secondary N) is 3. The van der Waals surface area contributed by atoms with E-state index in [9.17, 15) is 4.79 Å². The summed E-state index contributed by atoms with van der Waals surface area (Å²) in [5.41, 5.74) is -0.445. The molecule has 1 saturated carbocycles. The number of hydrogen-bond acceptors (Lipinski definition) is 6. The van der Waals surface area contributed by atoms with Gasteiger partial charge in [-0.3, -0.25) is 4.79 Å². The van der Waals surface area contributed by atoms with Crippen LogP contribution in [0.4, 0.5) is 0 Å². The van der Waals surface area contributed by atoms with Crippen molar-refractivity contribution in [1.82, 2.24) is 31.3 Å². The maximum absolute atomic E-state index is 12.3. The van der Waals surface area contributed by atoms with Crippen LogP contribution in [0.5, 0.6) is 0 Å². The average Bonchev–Trinajstić information content (AvgIpc) is 3.10. The molecule has 3 rings (SSSR count). The third-order valence-electron chi connectivity index (χ3n) is 4.04. The topological polar surface area (TPSA) is 105 Å². The zero-order chi connectivity index (χ0) is 13.8. The number of ether oxygens (including phenoxy) is 1. The van der Waals surface area contributed by atoms with Gasteiger partial charge in [0.05, 0.1) is 13.2 Å². The Morgan fingerprint density at radius 3 is 2.95 bits per heavy atom. The molecule has 0 aromatic carbocycles. The normalized spacial score (nSPS) is 25.5. The molecular weight excluding hydrogens is 260 g/mol. The molecular formula is C12H20N6O2. The molecule has 20 heavy (non-hydrogen) atoms. The van der Waals surface area contributed by atoms with Crippen molar-refractivity contribution in [2.75, 3.05) is 19.8 Å². The molecule has 3 N–H and O–H groups in total. The summed E-state index contributed by atoms with van der Waals surface area (Å²) in [5.74, 6) is 0.607. The minimum absolute atomic E-state index is 0.0136. The van der Waals surface area contributed by atoms with Crippen LogP contribution in [0, 0.1) is 0 Å². The molecule has 8 heteroatoms. The molecule has 1 aliphatic heterocycles. The summed E-state index contributed by atoms with van der Waals surface area (Å²) in [7, 11) is 0. The van der Waals surface area contributed by atoms with Gasteiger partial charge < -0.3 is 15.4 Å². The fraction of sp³-hybridized carbons (Fsp3) is 0.833. The first-order chi connectivity index (χ1) is 9.78. The Bertz CT molecular complexity index is 437. The number of nitrogens with zero attached hydrogens (tertiary/aromatic N) is 3. The second-order valence-corrected chi connectivity index (χ2v) is 5.50. The van der Waals surface area contributed by atoms with Gasteiger partial charge in [0.25, 0.3) is 0 Å². The highest BCUT2D eigenvalue weighted by Gasteiger charge is 2.41. The lowest BCUT2D eigenvalue weighted by molar-refractivity contribution is -0.124. The first-order valence-corrected chi connectivity index (χ1v) is 7.15. The fourth-order valence-corrected chi connectivity index (χ4v) is 3.04. The smallest absolute Gasteiger partial charge is 0.222 e. The lowest BCUT2D eigenvalue weighted by atomic mass is 9.96. The molecule has 110 valence electrons. The maximum Gasteiger partial charge on any atom is 0.222 e. The van der Waals surface area contributed by atoms with Gasteiger partial charge in [-0.15, -0.1) is 10.2 Å².